The monoisotopic (exact) mass is 571 g/mol. The molecule has 0 amide bonds. The molecule has 181 valence electrons. The van der Waals surface area contributed by atoms with Crippen molar-refractivity contribution >= 4 is 27.1 Å². The van der Waals surface area contributed by atoms with Gasteiger partial charge in [0.2, 0.25) is 0 Å². The van der Waals surface area contributed by atoms with Gasteiger partial charge in [-0.25, -0.2) is 0 Å². The van der Waals surface area contributed by atoms with Gasteiger partial charge in [0, 0.05) is 0 Å². The molecule has 3 heteroatoms. The summed E-state index contributed by atoms with van der Waals surface area (Å²) in [6.07, 6.45) is 4.93. The molecule has 34 heavy (non-hydrogen) atoms. The van der Waals surface area contributed by atoms with Gasteiger partial charge in [0.1, 0.15) is 0 Å². The fraction of sp³-hybridized carbons (Fsp3) is 0.452. The van der Waals surface area contributed by atoms with E-state index in [1.165, 1.54) is 49.4 Å². The molecule has 1 radical (unpaired) electrons. The largest absolute Gasteiger partial charge is 3.00 e. The molecule has 0 saturated carbocycles. The van der Waals surface area contributed by atoms with Crippen LogP contribution in [0.3, 0.4) is 0 Å². The van der Waals surface area contributed by atoms with E-state index in [-0.39, 0.29) is 67.3 Å². The van der Waals surface area contributed by atoms with Crippen molar-refractivity contribution in [2.24, 2.45) is 11.3 Å². The first-order chi connectivity index (χ1) is 14.2. The van der Waals surface area contributed by atoms with Crippen molar-refractivity contribution in [3.63, 3.8) is 0 Å². The molecule has 0 N–H and O–H groups in total. The summed E-state index contributed by atoms with van der Waals surface area (Å²) < 4.78 is 0. The molecule has 1 unspecified atom stereocenters. The van der Waals surface area contributed by atoms with E-state index in [0.717, 1.165) is 0 Å². The molecule has 4 rings (SSSR count). The Hall–Kier alpha value is -0.747. The summed E-state index contributed by atoms with van der Waals surface area (Å²) in [4.78, 5) is 0. The zero-order chi connectivity index (χ0) is 22.9. The second kappa shape index (κ2) is 10.3. The van der Waals surface area contributed by atoms with E-state index in [1.807, 2.05) is 0 Å². The van der Waals surface area contributed by atoms with Gasteiger partial charge in [0.15, 0.2) is 0 Å². The third-order valence-corrected chi connectivity index (χ3v) is 6.96. The minimum atomic E-state index is 0. The van der Waals surface area contributed by atoms with Gasteiger partial charge >= 0.3 is 26.2 Å². The number of hydrogen-bond acceptors (Lipinski definition) is 0. The Labute approximate surface area is 239 Å². The first kappa shape index (κ1) is 31.3. The van der Waals surface area contributed by atoms with E-state index >= 15 is 0 Å². The topological polar surface area (TPSA) is 0 Å². The minimum absolute atomic E-state index is 0. The van der Waals surface area contributed by atoms with Crippen LogP contribution < -0.4 is 24.8 Å². The standard InChI is InChI=1S/C31H39.2ClH.Zr/c1-19-13-22(30(5,6)7)16-24(19)27-17-23(31(8,9)10)18-28-25-15-21(29(2,3)4)12-11-20(25)14-26(27)28;;;/h11-19H,1-10H3;2*1H;/q-1;;;+3/p-2. The molecule has 3 aromatic carbocycles. The van der Waals surface area contributed by atoms with Crippen LogP contribution >= 0.6 is 0 Å². The smallest absolute Gasteiger partial charge is 1.00 e. The normalized spacial score (nSPS) is 16.5. The molecule has 3 aromatic rings. The molecule has 0 nitrogen and oxygen atoms in total. The van der Waals surface area contributed by atoms with Gasteiger partial charge < -0.3 is 24.8 Å². The predicted octanol–water partition coefficient (Wildman–Crippen LogP) is 3.32. The maximum absolute atomic E-state index is 2.47. The summed E-state index contributed by atoms with van der Waals surface area (Å²) >= 11 is 0. The van der Waals surface area contributed by atoms with Crippen molar-refractivity contribution in [1.82, 2.24) is 0 Å². The molecule has 0 bridgehead atoms. The van der Waals surface area contributed by atoms with Gasteiger partial charge in [-0.3, -0.25) is 0 Å². The number of fused-ring (bicyclic) bond motifs is 3. The first-order valence-electron chi connectivity index (χ1n) is 11.8. The Morgan fingerprint density at radius 1 is 0.706 bits per heavy atom. The molecular formula is C31H39Cl2Zr. The van der Waals surface area contributed by atoms with Crippen molar-refractivity contribution in [2.45, 2.75) is 80.1 Å². The maximum atomic E-state index is 2.47. The number of benzene rings is 2. The van der Waals surface area contributed by atoms with Crippen LogP contribution in [-0.4, -0.2) is 0 Å². The fourth-order valence-corrected chi connectivity index (χ4v) is 4.74. The quantitative estimate of drug-likeness (QED) is 0.392. The molecule has 0 aromatic heterocycles. The third kappa shape index (κ3) is 5.80. The van der Waals surface area contributed by atoms with Gasteiger partial charge in [0.05, 0.1) is 0 Å². The van der Waals surface area contributed by atoms with Crippen molar-refractivity contribution in [2.75, 3.05) is 0 Å². The van der Waals surface area contributed by atoms with Gasteiger partial charge in [-0.2, -0.15) is 0 Å². The second-order valence-corrected chi connectivity index (χ2v) is 12.7. The molecule has 0 heterocycles. The van der Waals surface area contributed by atoms with Crippen molar-refractivity contribution in [1.29, 1.82) is 0 Å². The Bertz CT molecular complexity index is 1230. The average molecular weight is 574 g/mol. The molecule has 0 spiro atoms. The summed E-state index contributed by atoms with van der Waals surface area (Å²) in [7, 11) is 0. The summed E-state index contributed by atoms with van der Waals surface area (Å²) in [5, 5.41) is 5.55. The van der Waals surface area contributed by atoms with Crippen LogP contribution in [0.5, 0.6) is 0 Å². The van der Waals surface area contributed by atoms with Gasteiger partial charge in [-0.05, 0) is 27.7 Å². The predicted molar refractivity (Wildman–Crippen MR) is 139 cm³/mol. The van der Waals surface area contributed by atoms with Crippen molar-refractivity contribution in [3.8, 4) is 0 Å². The Kier molecular flexibility index (Phi) is 9.49. The Morgan fingerprint density at radius 3 is 1.76 bits per heavy atom. The summed E-state index contributed by atoms with van der Waals surface area (Å²) in [5.41, 5.74) is 7.59. The number of hydrogen-bond donors (Lipinski definition) is 0. The van der Waals surface area contributed by atoms with Crippen LogP contribution in [0.15, 0.2) is 54.1 Å². The van der Waals surface area contributed by atoms with Crippen molar-refractivity contribution < 1.29 is 51.0 Å². The Morgan fingerprint density at radius 2 is 1.26 bits per heavy atom. The summed E-state index contributed by atoms with van der Waals surface area (Å²) in [6, 6.07) is 14.4. The van der Waals surface area contributed by atoms with E-state index in [0.29, 0.717) is 5.92 Å². The SMILES string of the molecule is CC1C=C(C(C)(C)C)C=C1c1cc(C(C)(C)C)cc2c1[cH-]c1ccc(C(C)(C)C)cc12.[Cl-].[Cl-].[Zr+3]. The van der Waals surface area contributed by atoms with E-state index in [9.17, 15) is 0 Å². The van der Waals surface area contributed by atoms with E-state index in [1.54, 1.807) is 0 Å². The number of rotatable bonds is 1. The maximum Gasteiger partial charge on any atom is 3.00 e. The average Bonchev–Trinajstić information content (AvgIpc) is 3.19. The summed E-state index contributed by atoms with van der Waals surface area (Å²) in [5.74, 6) is 0.441. The van der Waals surface area contributed by atoms with Crippen LogP contribution in [0, 0.1) is 11.3 Å². The van der Waals surface area contributed by atoms with Crippen LogP contribution in [0.4, 0.5) is 0 Å². The van der Waals surface area contributed by atoms with Crippen LogP contribution in [0.1, 0.15) is 85.9 Å². The van der Waals surface area contributed by atoms with E-state index < -0.39 is 0 Å². The molecule has 1 aliphatic rings. The molecular weight excluding hydrogens is 534 g/mol. The van der Waals surface area contributed by atoms with Crippen molar-refractivity contribution in [3.05, 3.63) is 70.8 Å². The zero-order valence-corrected chi connectivity index (χ0v) is 26.4. The molecule has 0 aliphatic heterocycles. The number of allylic oxidation sites excluding steroid dienone is 4. The fourth-order valence-electron chi connectivity index (χ4n) is 4.74. The van der Waals surface area contributed by atoms with E-state index in [2.05, 4.69) is 118 Å². The third-order valence-electron chi connectivity index (χ3n) is 6.96. The first-order valence-corrected chi connectivity index (χ1v) is 11.8. The van der Waals surface area contributed by atoms with Gasteiger partial charge in [-0.15, -0.1) is 33.7 Å². The van der Waals surface area contributed by atoms with Crippen LogP contribution in [0.25, 0.3) is 27.1 Å². The van der Waals surface area contributed by atoms with Gasteiger partial charge in [0.25, 0.3) is 0 Å². The van der Waals surface area contributed by atoms with Crippen LogP contribution in [0.2, 0.25) is 0 Å². The minimum Gasteiger partial charge on any atom is -1.00 e. The second-order valence-electron chi connectivity index (χ2n) is 12.7. The summed E-state index contributed by atoms with van der Waals surface area (Å²) in [6.45, 7) is 23.2. The Balaban J connectivity index is 0.00000193. The van der Waals surface area contributed by atoms with Crippen LogP contribution in [-0.2, 0) is 37.0 Å². The molecule has 0 fully saturated rings. The van der Waals surface area contributed by atoms with E-state index in [4.69, 9.17) is 0 Å². The van der Waals surface area contributed by atoms with Gasteiger partial charge in [-0.1, -0.05) is 128 Å². The molecule has 1 aliphatic carbocycles. The molecule has 0 saturated heterocycles. The molecule has 1 atom stereocenters. The zero-order valence-electron chi connectivity index (χ0n) is 22.5. The number of halogens is 2.